The second kappa shape index (κ2) is 10.5. The minimum Gasteiger partial charge on any atom is -0.462 e. The molecule has 0 aliphatic carbocycles. The maximum absolute atomic E-state index is 11.5. The van der Waals surface area contributed by atoms with Gasteiger partial charge in [0.25, 0.3) is 0 Å². The molecule has 0 amide bonds. The first-order valence-corrected chi connectivity index (χ1v) is 6.12. The van der Waals surface area contributed by atoms with E-state index in [-0.39, 0.29) is 18.5 Å². The van der Waals surface area contributed by atoms with Crippen molar-refractivity contribution in [1.29, 1.82) is 0 Å². The van der Waals surface area contributed by atoms with Gasteiger partial charge in [-0.1, -0.05) is 20.3 Å². The number of rotatable bonds is 10. The van der Waals surface area contributed by atoms with Crippen molar-refractivity contribution in [3.63, 3.8) is 0 Å². The van der Waals surface area contributed by atoms with Crippen LogP contribution >= 0.6 is 0 Å². The van der Waals surface area contributed by atoms with Crippen molar-refractivity contribution in [2.45, 2.75) is 32.7 Å². The third kappa shape index (κ3) is 8.12. The molecule has 0 spiro atoms. The van der Waals surface area contributed by atoms with Crippen molar-refractivity contribution in [2.75, 3.05) is 33.5 Å². The maximum atomic E-state index is 11.5. The zero-order chi connectivity index (χ0) is 13.1. The third-order valence-electron chi connectivity index (χ3n) is 2.64. The lowest BCUT2D eigenvalue weighted by atomic mass is 10.0. The molecule has 17 heavy (non-hydrogen) atoms. The van der Waals surface area contributed by atoms with E-state index in [2.05, 4.69) is 0 Å². The fourth-order valence-corrected chi connectivity index (χ4v) is 1.19. The molecule has 0 saturated heterocycles. The lowest BCUT2D eigenvalue weighted by molar-refractivity contribution is -0.148. The van der Waals surface area contributed by atoms with Gasteiger partial charge in [0.05, 0.1) is 6.61 Å². The topological polar surface area (TPSA) is 70.8 Å². The summed E-state index contributed by atoms with van der Waals surface area (Å²) in [4.78, 5) is 11.5. The molecule has 0 aliphatic heterocycles. The van der Waals surface area contributed by atoms with E-state index < -0.39 is 6.04 Å². The normalized spacial score (nSPS) is 14.4. The Morgan fingerprint density at radius 3 is 2.53 bits per heavy atom. The van der Waals surface area contributed by atoms with Crippen LogP contribution in [0.5, 0.6) is 0 Å². The van der Waals surface area contributed by atoms with E-state index in [0.717, 1.165) is 12.8 Å². The molecule has 5 nitrogen and oxygen atoms in total. The highest BCUT2D eigenvalue weighted by atomic mass is 16.6. The molecule has 0 bridgehead atoms. The molecule has 2 N–H and O–H groups in total. The van der Waals surface area contributed by atoms with Gasteiger partial charge in [0, 0.05) is 20.3 Å². The Morgan fingerprint density at radius 2 is 1.94 bits per heavy atom. The quantitative estimate of drug-likeness (QED) is 0.460. The smallest absolute Gasteiger partial charge is 0.323 e. The summed E-state index contributed by atoms with van der Waals surface area (Å²) in [6.07, 6.45) is 1.71. The van der Waals surface area contributed by atoms with Crippen LogP contribution in [0.2, 0.25) is 0 Å². The van der Waals surface area contributed by atoms with E-state index in [1.165, 1.54) is 0 Å². The fourth-order valence-electron chi connectivity index (χ4n) is 1.19. The number of nitrogens with two attached hydrogens (primary N) is 1. The number of carbonyl (C=O) groups is 1. The van der Waals surface area contributed by atoms with Crippen LogP contribution in [0.4, 0.5) is 0 Å². The fraction of sp³-hybridized carbons (Fsp3) is 0.917. The summed E-state index contributed by atoms with van der Waals surface area (Å²) in [5.41, 5.74) is 5.72. The first-order chi connectivity index (χ1) is 8.13. The van der Waals surface area contributed by atoms with Crippen molar-refractivity contribution in [3.8, 4) is 0 Å². The van der Waals surface area contributed by atoms with Crippen LogP contribution in [0, 0.1) is 5.92 Å². The Balaban J connectivity index is 3.45. The Morgan fingerprint density at radius 1 is 1.24 bits per heavy atom. The van der Waals surface area contributed by atoms with Crippen molar-refractivity contribution in [2.24, 2.45) is 11.7 Å². The first kappa shape index (κ1) is 16.4. The zero-order valence-electron chi connectivity index (χ0n) is 11.1. The van der Waals surface area contributed by atoms with Crippen molar-refractivity contribution >= 4 is 5.97 Å². The van der Waals surface area contributed by atoms with Gasteiger partial charge < -0.3 is 19.9 Å². The van der Waals surface area contributed by atoms with Gasteiger partial charge in [-0.05, 0) is 12.3 Å². The highest BCUT2D eigenvalue weighted by molar-refractivity contribution is 5.75. The number of carbonyl (C=O) groups excluding carboxylic acids is 1. The molecule has 0 rings (SSSR count). The lowest BCUT2D eigenvalue weighted by Crippen LogP contribution is -2.38. The number of esters is 1. The first-order valence-electron chi connectivity index (χ1n) is 6.12. The monoisotopic (exact) mass is 247 g/mol. The Labute approximate surface area is 104 Å². The summed E-state index contributed by atoms with van der Waals surface area (Å²) in [7, 11) is 1.65. The molecule has 5 heteroatoms. The summed E-state index contributed by atoms with van der Waals surface area (Å²) in [5, 5.41) is 0. The van der Waals surface area contributed by atoms with E-state index >= 15 is 0 Å². The number of methoxy groups -OCH3 is 1. The van der Waals surface area contributed by atoms with Crippen LogP contribution in [0.3, 0.4) is 0 Å². The summed E-state index contributed by atoms with van der Waals surface area (Å²) >= 11 is 0. The molecular formula is C12H25NO4. The average Bonchev–Trinajstić information content (AvgIpc) is 2.35. The van der Waals surface area contributed by atoms with Gasteiger partial charge in [0.2, 0.25) is 0 Å². The highest BCUT2D eigenvalue weighted by Gasteiger charge is 2.20. The molecule has 102 valence electrons. The predicted molar refractivity (Wildman–Crippen MR) is 65.7 cm³/mol. The number of hydrogen-bond acceptors (Lipinski definition) is 5. The minimum absolute atomic E-state index is 0.144. The van der Waals surface area contributed by atoms with E-state index in [0.29, 0.717) is 19.8 Å². The van der Waals surface area contributed by atoms with E-state index in [4.69, 9.17) is 19.9 Å². The van der Waals surface area contributed by atoms with Crippen LogP contribution < -0.4 is 5.73 Å². The van der Waals surface area contributed by atoms with Gasteiger partial charge in [0.15, 0.2) is 0 Å². The molecule has 0 heterocycles. The van der Waals surface area contributed by atoms with Crippen LogP contribution in [0.25, 0.3) is 0 Å². The Hall–Kier alpha value is -0.650. The summed E-state index contributed by atoms with van der Waals surface area (Å²) < 4.78 is 15.1. The van der Waals surface area contributed by atoms with Crippen LogP contribution in [0.15, 0.2) is 0 Å². The molecule has 2 atom stereocenters. The van der Waals surface area contributed by atoms with Crippen LogP contribution in [0.1, 0.15) is 26.7 Å². The van der Waals surface area contributed by atoms with Gasteiger partial charge in [-0.2, -0.15) is 0 Å². The number of ether oxygens (including phenoxy) is 3. The zero-order valence-corrected chi connectivity index (χ0v) is 11.1. The average molecular weight is 247 g/mol. The van der Waals surface area contributed by atoms with Gasteiger partial charge in [0.1, 0.15) is 12.6 Å². The second-order valence-corrected chi connectivity index (χ2v) is 4.04. The van der Waals surface area contributed by atoms with E-state index in [1.807, 2.05) is 13.8 Å². The molecular weight excluding hydrogens is 222 g/mol. The van der Waals surface area contributed by atoms with Crippen molar-refractivity contribution < 1.29 is 19.0 Å². The summed E-state index contributed by atoms with van der Waals surface area (Å²) in [6, 6.07) is -0.534. The van der Waals surface area contributed by atoms with E-state index in [1.54, 1.807) is 7.11 Å². The molecule has 0 fully saturated rings. The Bertz CT molecular complexity index is 199. The molecule has 0 aromatic heterocycles. The predicted octanol–water partition coefficient (Wildman–Crippen LogP) is 0.956. The largest absolute Gasteiger partial charge is 0.462 e. The Kier molecular flexibility index (Phi) is 10.1. The summed E-state index contributed by atoms with van der Waals surface area (Å²) in [5.74, 6) is -0.204. The van der Waals surface area contributed by atoms with E-state index in [9.17, 15) is 4.79 Å². The van der Waals surface area contributed by atoms with Gasteiger partial charge in [-0.15, -0.1) is 0 Å². The molecule has 2 unspecified atom stereocenters. The molecule has 0 saturated carbocycles. The summed E-state index contributed by atoms with van der Waals surface area (Å²) in [6.45, 7) is 5.89. The van der Waals surface area contributed by atoms with Crippen LogP contribution in [-0.4, -0.2) is 45.5 Å². The second-order valence-electron chi connectivity index (χ2n) is 4.04. The minimum atomic E-state index is -0.534. The molecule has 0 radical (unpaired) electrons. The maximum Gasteiger partial charge on any atom is 0.323 e. The number of hydrogen-bond donors (Lipinski definition) is 1. The lowest BCUT2D eigenvalue weighted by Gasteiger charge is -2.16. The molecule has 0 aromatic rings. The third-order valence-corrected chi connectivity index (χ3v) is 2.64. The SMILES string of the molecule is CCC(C)C(N)C(=O)OCCOCCCOC. The van der Waals surface area contributed by atoms with Gasteiger partial charge in [-0.3, -0.25) is 4.79 Å². The highest BCUT2D eigenvalue weighted by Crippen LogP contribution is 2.06. The van der Waals surface area contributed by atoms with Gasteiger partial charge in [-0.25, -0.2) is 0 Å². The van der Waals surface area contributed by atoms with Gasteiger partial charge >= 0.3 is 5.97 Å². The van der Waals surface area contributed by atoms with Crippen molar-refractivity contribution in [3.05, 3.63) is 0 Å². The van der Waals surface area contributed by atoms with Crippen molar-refractivity contribution in [1.82, 2.24) is 0 Å². The standard InChI is InChI=1S/C12H25NO4/c1-4-10(2)11(13)12(14)17-9-8-16-7-5-6-15-3/h10-11H,4-9,13H2,1-3H3. The molecule has 0 aliphatic rings. The van der Waals surface area contributed by atoms with Crippen LogP contribution in [-0.2, 0) is 19.0 Å². The molecule has 0 aromatic carbocycles.